The average molecular weight is 397 g/mol. The van der Waals surface area contributed by atoms with E-state index in [2.05, 4.69) is 57.8 Å². The molecule has 0 unspecified atom stereocenters. The molecule has 1 saturated heterocycles. The summed E-state index contributed by atoms with van der Waals surface area (Å²) >= 11 is 0. The second kappa shape index (κ2) is 10.7. The van der Waals surface area contributed by atoms with Crippen molar-refractivity contribution in [2.24, 2.45) is 4.99 Å². The van der Waals surface area contributed by atoms with E-state index >= 15 is 0 Å². The minimum atomic E-state index is 0.236. The Balaban J connectivity index is 1.53. The maximum absolute atomic E-state index is 10.1. The number of hydrogen-bond donors (Lipinski definition) is 3. The zero-order valence-corrected chi connectivity index (χ0v) is 17.4. The fourth-order valence-electron chi connectivity index (χ4n) is 3.57. The Hall–Kier alpha value is -2.73. The number of aliphatic imine (C=N–C) groups is 1. The standard InChI is InChI=1S/C23H32N4O2/c1-3-24-23(25-16-19-15-21(29-2)9-10-22(19)28)26-20-11-13-27(14-12-20)17-18-7-5-4-6-8-18/h4-10,15,20,28H,3,11-14,16-17H2,1-2H3,(H2,24,25,26). The first-order valence-corrected chi connectivity index (χ1v) is 10.3. The number of ether oxygens (including phenoxy) is 1. The van der Waals surface area contributed by atoms with Gasteiger partial charge in [-0.15, -0.1) is 0 Å². The number of methoxy groups -OCH3 is 1. The number of nitrogens with zero attached hydrogens (tertiary/aromatic N) is 2. The molecular weight excluding hydrogens is 364 g/mol. The molecule has 29 heavy (non-hydrogen) atoms. The van der Waals surface area contributed by atoms with E-state index in [0.29, 0.717) is 12.6 Å². The third-order valence-electron chi connectivity index (χ3n) is 5.22. The lowest BCUT2D eigenvalue weighted by Crippen LogP contribution is -2.48. The average Bonchev–Trinajstić information content (AvgIpc) is 2.75. The minimum Gasteiger partial charge on any atom is -0.508 e. The fraction of sp³-hybridized carbons (Fsp3) is 0.435. The van der Waals surface area contributed by atoms with Gasteiger partial charge in [0.25, 0.3) is 0 Å². The largest absolute Gasteiger partial charge is 0.508 e. The van der Waals surface area contributed by atoms with E-state index in [1.165, 1.54) is 5.56 Å². The van der Waals surface area contributed by atoms with Crippen molar-refractivity contribution in [2.75, 3.05) is 26.7 Å². The molecule has 0 radical (unpaired) electrons. The molecule has 6 heteroatoms. The van der Waals surface area contributed by atoms with Crippen molar-refractivity contribution >= 4 is 5.96 Å². The predicted octanol–water partition coefficient (Wildman–Crippen LogP) is 3.12. The van der Waals surface area contributed by atoms with Gasteiger partial charge in [0, 0.05) is 37.8 Å². The van der Waals surface area contributed by atoms with Crippen LogP contribution in [0.4, 0.5) is 0 Å². The van der Waals surface area contributed by atoms with Crippen LogP contribution in [0.15, 0.2) is 53.5 Å². The Morgan fingerprint density at radius 1 is 1.17 bits per heavy atom. The first kappa shape index (κ1) is 21.0. The normalized spacial score (nSPS) is 15.9. The molecule has 1 heterocycles. The van der Waals surface area contributed by atoms with Crippen LogP contribution in [0.3, 0.4) is 0 Å². The van der Waals surface area contributed by atoms with Crippen molar-refractivity contribution in [3.63, 3.8) is 0 Å². The number of likely N-dealkylation sites (tertiary alicyclic amines) is 1. The predicted molar refractivity (Wildman–Crippen MR) is 117 cm³/mol. The molecule has 0 bridgehead atoms. The maximum Gasteiger partial charge on any atom is 0.191 e. The highest BCUT2D eigenvalue weighted by atomic mass is 16.5. The van der Waals surface area contributed by atoms with Gasteiger partial charge in [0.15, 0.2) is 5.96 Å². The molecule has 156 valence electrons. The Morgan fingerprint density at radius 3 is 2.62 bits per heavy atom. The van der Waals surface area contributed by atoms with Gasteiger partial charge in [-0.25, -0.2) is 4.99 Å². The second-order valence-electron chi connectivity index (χ2n) is 7.37. The number of nitrogens with one attached hydrogen (secondary N) is 2. The number of guanidine groups is 1. The second-order valence-corrected chi connectivity index (χ2v) is 7.37. The lowest BCUT2D eigenvalue weighted by Gasteiger charge is -2.33. The minimum absolute atomic E-state index is 0.236. The van der Waals surface area contributed by atoms with Crippen LogP contribution in [0.2, 0.25) is 0 Å². The summed E-state index contributed by atoms with van der Waals surface area (Å²) in [4.78, 5) is 7.17. The quantitative estimate of drug-likeness (QED) is 0.496. The Labute approximate surface area is 173 Å². The molecule has 2 aromatic rings. The highest BCUT2D eigenvalue weighted by Crippen LogP contribution is 2.23. The molecule has 0 saturated carbocycles. The summed E-state index contributed by atoms with van der Waals surface area (Å²) in [7, 11) is 1.62. The number of phenolic OH excluding ortho intramolecular Hbond substituents is 1. The summed E-state index contributed by atoms with van der Waals surface area (Å²) in [6.45, 7) is 6.40. The van der Waals surface area contributed by atoms with Gasteiger partial charge < -0.3 is 20.5 Å². The zero-order valence-electron chi connectivity index (χ0n) is 17.4. The molecule has 2 aromatic carbocycles. The van der Waals surface area contributed by atoms with Crippen LogP contribution in [0.5, 0.6) is 11.5 Å². The van der Waals surface area contributed by atoms with E-state index in [-0.39, 0.29) is 5.75 Å². The third kappa shape index (κ3) is 6.39. The van der Waals surface area contributed by atoms with Crippen molar-refractivity contribution < 1.29 is 9.84 Å². The van der Waals surface area contributed by atoms with Crippen LogP contribution in [0.1, 0.15) is 30.9 Å². The van der Waals surface area contributed by atoms with Crippen molar-refractivity contribution in [3.8, 4) is 11.5 Å². The molecule has 1 fully saturated rings. The van der Waals surface area contributed by atoms with Gasteiger partial charge in [-0.1, -0.05) is 30.3 Å². The number of hydrogen-bond acceptors (Lipinski definition) is 4. The first-order chi connectivity index (χ1) is 14.2. The SMILES string of the molecule is CCNC(=NCc1cc(OC)ccc1O)NC1CCN(Cc2ccccc2)CC1. The highest BCUT2D eigenvalue weighted by molar-refractivity contribution is 5.80. The monoisotopic (exact) mass is 396 g/mol. The molecule has 3 rings (SSSR count). The number of aromatic hydroxyl groups is 1. The van der Waals surface area contributed by atoms with E-state index in [1.807, 2.05) is 6.07 Å². The van der Waals surface area contributed by atoms with E-state index in [1.54, 1.807) is 19.2 Å². The summed E-state index contributed by atoms with van der Waals surface area (Å²) in [5, 5.41) is 16.9. The smallest absolute Gasteiger partial charge is 0.191 e. The van der Waals surface area contributed by atoms with Gasteiger partial charge in [0.05, 0.1) is 13.7 Å². The van der Waals surface area contributed by atoms with Crippen LogP contribution in [-0.2, 0) is 13.1 Å². The Bertz CT molecular complexity index is 787. The summed E-state index contributed by atoms with van der Waals surface area (Å²) in [6, 6.07) is 16.3. The Kier molecular flexibility index (Phi) is 7.76. The molecule has 6 nitrogen and oxygen atoms in total. The third-order valence-corrected chi connectivity index (χ3v) is 5.22. The van der Waals surface area contributed by atoms with E-state index in [4.69, 9.17) is 4.74 Å². The van der Waals surface area contributed by atoms with Gasteiger partial charge in [-0.2, -0.15) is 0 Å². The summed E-state index contributed by atoms with van der Waals surface area (Å²) in [5.74, 6) is 1.74. The molecule has 0 aliphatic carbocycles. The maximum atomic E-state index is 10.1. The van der Waals surface area contributed by atoms with Crippen molar-refractivity contribution in [1.29, 1.82) is 0 Å². The molecule has 3 N–H and O–H groups in total. The zero-order chi connectivity index (χ0) is 20.5. The molecule has 0 atom stereocenters. The van der Waals surface area contributed by atoms with E-state index in [9.17, 15) is 5.11 Å². The van der Waals surface area contributed by atoms with Crippen LogP contribution in [0, 0.1) is 0 Å². The molecular formula is C23H32N4O2. The molecule has 0 spiro atoms. The lowest BCUT2D eigenvalue weighted by molar-refractivity contribution is 0.198. The van der Waals surface area contributed by atoms with Crippen LogP contribution >= 0.6 is 0 Å². The van der Waals surface area contributed by atoms with E-state index in [0.717, 1.165) is 56.3 Å². The van der Waals surface area contributed by atoms with Crippen molar-refractivity contribution in [2.45, 2.75) is 38.9 Å². The lowest BCUT2D eigenvalue weighted by atomic mass is 10.0. The number of piperidine rings is 1. The summed E-state index contributed by atoms with van der Waals surface area (Å²) < 4.78 is 5.24. The number of benzene rings is 2. The summed E-state index contributed by atoms with van der Waals surface area (Å²) in [6.07, 6.45) is 2.17. The van der Waals surface area contributed by atoms with Gasteiger partial charge in [-0.3, -0.25) is 4.90 Å². The Morgan fingerprint density at radius 2 is 1.93 bits per heavy atom. The van der Waals surface area contributed by atoms with Crippen LogP contribution < -0.4 is 15.4 Å². The first-order valence-electron chi connectivity index (χ1n) is 10.3. The van der Waals surface area contributed by atoms with Crippen molar-refractivity contribution in [3.05, 3.63) is 59.7 Å². The number of phenols is 1. The van der Waals surface area contributed by atoms with E-state index < -0.39 is 0 Å². The fourth-order valence-corrected chi connectivity index (χ4v) is 3.57. The van der Waals surface area contributed by atoms with Gasteiger partial charge in [0.2, 0.25) is 0 Å². The highest BCUT2D eigenvalue weighted by Gasteiger charge is 2.20. The van der Waals surface area contributed by atoms with Crippen LogP contribution in [0.25, 0.3) is 0 Å². The number of rotatable bonds is 7. The van der Waals surface area contributed by atoms with Gasteiger partial charge >= 0.3 is 0 Å². The van der Waals surface area contributed by atoms with Gasteiger partial charge in [0.1, 0.15) is 11.5 Å². The topological polar surface area (TPSA) is 69.1 Å². The molecule has 0 aromatic heterocycles. The molecule has 0 amide bonds. The van der Waals surface area contributed by atoms with Gasteiger partial charge in [-0.05, 0) is 43.5 Å². The van der Waals surface area contributed by atoms with Crippen molar-refractivity contribution in [1.82, 2.24) is 15.5 Å². The van der Waals surface area contributed by atoms with Crippen LogP contribution in [-0.4, -0.2) is 48.8 Å². The summed E-state index contributed by atoms with van der Waals surface area (Å²) in [5.41, 5.74) is 2.12. The molecule has 1 aliphatic rings. The molecule has 1 aliphatic heterocycles.